The van der Waals surface area contributed by atoms with Crippen LogP contribution in [0.25, 0.3) is 0 Å². The largest absolute Gasteiger partial charge is 0.379 e. The Bertz CT molecular complexity index is 664. The summed E-state index contributed by atoms with van der Waals surface area (Å²) in [6.45, 7) is 4.89. The SMILES string of the molecule is CC(C)C1(CNc2cccc(S(C)(=O)=O)c2[N+](=O)[O-])CC1. The van der Waals surface area contributed by atoms with Gasteiger partial charge in [0.25, 0.3) is 0 Å². The van der Waals surface area contributed by atoms with E-state index in [1.165, 1.54) is 12.1 Å². The molecule has 0 amide bonds. The molecule has 7 heteroatoms. The lowest BCUT2D eigenvalue weighted by molar-refractivity contribution is -0.386. The summed E-state index contributed by atoms with van der Waals surface area (Å²) in [5.74, 6) is 0.488. The molecule has 1 aliphatic carbocycles. The summed E-state index contributed by atoms with van der Waals surface area (Å²) in [6.07, 6.45) is 3.17. The Morgan fingerprint density at radius 3 is 2.43 bits per heavy atom. The van der Waals surface area contributed by atoms with E-state index in [4.69, 9.17) is 0 Å². The Morgan fingerprint density at radius 1 is 1.38 bits per heavy atom. The number of benzene rings is 1. The summed E-state index contributed by atoms with van der Waals surface area (Å²) in [4.78, 5) is 10.4. The smallest absolute Gasteiger partial charge is 0.310 e. The molecule has 1 aliphatic rings. The Balaban J connectivity index is 2.34. The van der Waals surface area contributed by atoms with Crippen LogP contribution in [-0.2, 0) is 9.84 Å². The minimum Gasteiger partial charge on any atom is -0.379 e. The zero-order valence-electron chi connectivity index (χ0n) is 12.4. The van der Waals surface area contributed by atoms with E-state index >= 15 is 0 Å². The maximum Gasteiger partial charge on any atom is 0.310 e. The molecule has 1 aromatic rings. The maximum atomic E-state index is 11.7. The summed E-state index contributed by atoms with van der Waals surface area (Å²) >= 11 is 0. The number of para-hydroxylation sites is 1. The van der Waals surface area contributed by atoms with E-state index in [0.29, 0.717) is 12.5 Å². The van der Waals surface area contributed by atoms with Crippen LogP contribution in [0.4, 0.5) is 11.4 Å². The van der Waals surface area contributed by atoms with Gasteiger partial charge in [-0.3, -0.25) is 10.1 Å². The molecule has 1 N–H and O–H groups in total. The number of nitrogens with zero attached hydrogens (tertiary/aromatic N) is 1. The van der Waals surface area contributed by atoms with Crippen molar-refractivity contribution in [2.24, 2.45) is 11.3 Å². The van der Waals surface area contributed by atoms with Gasteiger partial charge in [0.05, 0.1) is 4.92 Å². The average Bonchev–Trinajstić information content (AvgIpc) is 3.15. The Labute approximate surface area is 124 Å². The molecule has 0 radical (unpaired) electrons. The second kappa shape index (κ2) is 5.29. The van der Waals surface area contributed by atoms with Gasteiger partial charge in [0, 0.05) is 12.8 Å². The minimum absolute atomic E-state index is 0.176. The number of rotatable bonds is 6. The predicted molar refractivity (Wildman–Crippen MR) is 81.2 cm³/mol. The van der Waals surface area contributed by atoms with E-state index in [-0.39, 0.29) is 21.7 Å². The fraction of sp³-hybridized carbons (Fsp3) is 0.571. The van der Waals surface area contributed by atoms with Crippen LogP contribution >= 0.6 is 0 Å². The van der Waals surface area contributed by atoms with Crippen LogP contribution in [0.5, 0.6) is 0 Å². The van der Waals surface area contributed by atoms with E-state index < -0.39 is 14.8 Å². The molecule has 0 spiro atoms. The third-order valence-electron chi connectivity index (χ3n) is 4.33. The van der Waals surface area contributed by atoms with Crippen molar-refractivity contribution in [1.82, 2.24) is 0 Å². The van der Waals surface area contributed by atoms with E-state index in [0.717, 1.165) is 19.1 Å². The van der Waals surface area contributed by atoms with Gasteiger partial charge in [-0.15, -0.1) is 0 Å². The van der Waals surface area contributed by atoms with Crippen LogP contribution in [0.15, 0.2) is 23.1 Å². The maximum absolute atomic E-state index is 11.7. The molecule has 21 heavy (non-hydrogen) atoms. The summed E-state index contributed by atoms with van der Waals surface area (Å²) in [6, 6.07) is 4.36. The molecule has 1 saturated carbocycles. The van der Waals surface area contributed by atoms with Gasteiger partial charge in [-0.05, 0) is 36.3 Å². The van der Waals surface area contributed by atoms with E-state index in [9.17, 15) is 18.5 Å². The van der Waals surface area contributed by atoms with Gasteiger partial charge in [0.15, 0.2) is 9.84 Å². The van der Waals surface area contributed by atoms with Crippen LogP contribution in [0.1, 0.15) is 26.7 Å². The number of nitro groups is 1. The van der Waals surface area contributed by atoms with Crippen molar-refractivity contribution < 1.29 is 13.3 Å². The number of anilines is 1. The minimum atomic E-state index is -3.64. The molecule has 0 saturated heterocycles. The predicted octanol–water partition coefficient (Wildman–Crippen LogP) is 2.85. The van der Waals surface area contributed by atoms with Gasteiger partial charge in [-0.25, -0.2) is 8.42 Å². The van der Waals surface area contributed by atoms with E-state index in [1.54, 1.807) is 6.07 Å². The fourth-order valence-corrected chi connectivity index (χ4v) is 3.40. The molecule has 1 aromatic carbocycles. The molecule has 116 valence electrons. The first kappa shape index (κ1) is 15.8. The van der Waals surface area contributed by atoms with Gasteiger partial charge in [0.2, 0.25) is 0 Å². The van der Waals surface area contributed by atoms with Crippen molar-refractivity contribution in [3.63, 3.8) is 0 Å². The lowest BCUT2D eigenvalue weighted by atomic mass is 9.92. The number of sulfone groups is 1. The number of hydrogen-bond donors (Lipinski definition) is 1. The summed E-state index contributed by atoms with van der Waals surface area (Å²) in [7, 11) is -3.64. The second-order valence-corrected chi connectivity index (χ2v) is 8.04. The summed E-state index contributed by atoms with van der Waals surface area (Å²) in [5, 5.41) is 14.3. The number of nitro benzene ring substituents is 1. The van der Waals surface area contributed by atoms with Gasteiger partial charge in [0.1, 0.15) is 10.6 Å². The molecule has 2 rings (SSSR count). The molecule has 0 unspecified atom stereocenters. The highest BCUT2D eigenvalue weighted by Gasteiger charge is 2.45. The van der Waals surface area contributed by atoms with Crippen LogP contribution in [0.3, 0.4) is 0 Å². The number of hydrogen-bond acceptors (Lipinski definition) is 5. The lowest BCUT2D eigenvalue weighted by Gasteiger charge is -2.20. The zero-order chi connectivity index (χ0) is 15.8. The molecule has 0 heterocycles. The first-order chi connectivity index (χ1) is 9.67. The Kier molecular flexibility index (Phi) is 3.97. The van der Waals surface area contributed by atoms with Crippen LogP contribution in [0.2, 0.25) is 0 Å². The zero-order valence-corrected chi connectivity index (χ0v) is 13.2. The molecular formula is C14H20N2O4S. The van der Waals surface area contributed by atoms with Crippen LogP contribution < -0.4 is 5.32 Å². The van der Waals surface area contributed by atoms with Crippen LogP contribution in [0, 0.1) is 21.4 Å². The Morgan fingerprint density at radius 2 is 2.00 bits per heavy atom. The first-order valence-corrected chi connectivity index (χ1v) is 8.78. The van der Waals surface area contributed by atoms with Gasteiger partial charge in [-0.1, -0.05) is 19.9 Å². The van der Waals surface area contributed by atoms with E-state index in [1.807, 2.05) is 0 Å². The van der Waals surface area contributed by atoms with Crippen molar-refractivity contribution in [2.45, 2.75) is 31.6 Å². The third kappa shape index (κ3) is 3.18. The first-order valence-electron chi connectivity index (χ1n) is 6.89. The Hall–Kier alpha value is -1.63. The van der Waals surface area contributed by atoms with Crippen molar-refractivity contribution in [3.05, 3.63) is 28.3 Å². The quantitative estimate of drug-likeness (QED) is 0.644. The third-order valence-corrected chi connectivity index (χ3v) is 5.46. The van der Waals surface area contributed by atoms with E-state index in [2.05, 4.69) is 19.2 Å². The topological polar surface area (TPSA) is 89.3 Å². The molecule has 1 fully saturated rings. The second-order valence-electron chi connectivity index (χ2n) is 6.05. The standard InChI is InChI=1S/C14H20N2O4S/c1-10(2)14(7-8-14)9-15-11-5-4-6-12(21(3,19)20)13(11)16(17)18/h4-6,10,15H,7-9H2,1-3H3. The number of nitrogens with one attached hydrogen (secondary N) is 1. The highest BCUT2D eigenvalue weighted by Crippen LogP contribution is 2.52. The fourth-order valence-electron chi connectivity index (χ4n) is 2.54. The molecule has 0 aromatic heterocycles. The highest BCUT2D eigenvalue weighted by atomic mass is 32.2. The summed E-state index contributed by atoms with van der Waals surface area (Å²) < 4.78 is 23.4. The molecule has 6 nitrogen and oxygen atoms in total. The van der Waals surface area contributed by atoms with Crippen molar-refractivity contribution in [2.75, 3.05) is 18.1 Å². The molecule has 0 aliphatic heterocycles. The van der Waals surface area contributed by atoms with Crippen molar-refractivity contribution in [1.29, 1.82) is 0 Å². The normalized spacial score (nSPS) is 16.8. The molecular weight excluding hydrogens is 292 g/mol. The molecule has 0 bridgehead atoms. The van der Waals surface area contributed by atoms with Gasteiger partial charge in [-0.2, -0.15) is 0 Å². The monoisotopic (exact) mass is 312 g/mol. The molecule has 0 atom stereocenters. The van der Waals surface area contributed by atoms with Gasteiger partial charge >= 0.3 is 5.69 Å². The highest BCUT2D eigenvalue weighted by molar-refractivity contribution is 7.90. The summed E-state index contributed by atoms with van der Waals surface area (Å²) in [5.41, 5.74) is 0.0870. The van der Waals surface area contributed by atoms with Gasteiger partial charge < -0.3 is 5.32 Å². The van der Waals surface area contributed by atoms with Crippen molar-refractivity contribution >= 4 is 21.2 Å². The lowest BCUT2D eigenvalue weighted by Crippen LogP contribution is -2.21. The average molecular weight is 312 g/mol. The van der Waals surface area contributed by atoms with Crippen molar-refractivity contribution in [3.8, 4) is 0 Å². The van der Waals surface area contributed by atoms with Crippen LogP contribution in [-0.4, -0.2) is 26.1 Å².